The van der Waals surface area contributed by atoms with E-state index in [0.29, 0.717) is 13.1 Å². The maximum absolute atomic E-state index is 13.1. The summed E-state index contributed by atoms with van der Waals surface area (Å²) in [5.74, 6) is -0.262. The number of amides is 2. The Kier molecular flexibility index (Phi) is 4.91. The molecule has 8 heteroatoms. The van der Waals surface area contributed by atoms with E-state index in [2.05, 4.69) is 15.6 Å². The van der Waals surface area contributed by atoms with E-state index in [0.717, 1.165) is 31.7 Å². The van der Waals surface area contributed by atoms with Gasteiger partial charge in [-0.25, -0.2) is 14.2 Å². The first-order chi connectivity index (χ1) is 13.1. The number of rotatable bonds is 5. The van der Waals surface area contributed by atoms with Gasteiger partial charge in [0, 0.05) is 27.2 Å². The van der Waals surface area contributed by atoms with Crippen LogP contribution in [0.15, 0.2) is 48.0 Å². The van der Waals surface area contributed by atoms with Gasteiger partial charge in [-0.2, -0.15) is 0 Å². The number of carbonyl (C=O) groups is 1. The van der Waals surface area contributed by atoms with Gasteiger partial charge >= 0.3 is 6.03 Å². The van der Waals surface area contributed by atoms with E-state index in [-0.39, 0.29) is 11.8 Å². The second-order valence-corrected chi connectivity index (χ2v) is 8.11. The fourth-order valence-corrected chi connectivity index (χ4v) is 4.41. The summed E-state index contributed by atoms with van der Waals surface area (Å²) in [5, 5.41) is 7.72. The van der Waals surface area contributed by atoms with Crippen molar-refractivity contribution in [2.75, 3.05) is 0 Å². The molecule has 0 unspecified atom stereocenters. The highest BCUT2D eigenvalue weighted by molar-refractivity contribution is 7.17. The Morgan fingerprint density at radius 1 is 1.19 bits per heavy atom. The zero-order chi connectivity index (χ0) is 18.8. The number of carbonyl (C=O) groups excluding carboxylic acids is 1. The maximum atomic E-state index is 13.1. The van der Waals surface area contributed by atoms with Crippen molar-refractivity contribution in [3.63, 3.8) is 0 Å². The number of fused-ring (bicyclic) bond motifs is 1. The molecule has 4 rings (SSSR count). The van der Waals surface area contributed by atoms with Crippen LogP contribution in [-0.2, 0) is 13.1 Å². The van der Waals surface area contributed by atoms with Crippen molar-refractivity contribution in [2.24, 2.45) is 0 Å². The van der Waals surface area contributed by atoms with Crippen LogP contribution in [-0.4, -0.2) is 15.4 Å². The quantitative estimate of drug-likeness (QED) is 0.516. The normalized spacial score (nSPS) is 11.0. The lowest BCUT2D eigenvalue weighted by molar-refractivity contribution is 0.240. The molecule has 0 saturated heterocycles. The van der Waals surface area contributed by atoms with Gasteiger partial charge in [0.05, 0.1) is 18.8 Å². The van der Waals surface area contributed by atoms with Crippen LogP contribution in [0, 0.1) is 12.7 Å². The molecule has 0 aliphatic carbocycles. The van der Waals surface area contributed by atoms with Gasteiger partial charge in [0.15, 0.2) is 4.96 Å². The summed E-state index contributed by atoms with van der Waals surface area (Å²) in [7, 11) is 0. The van der Waals surface area contributed by atoms with Crippen molar-refractivity contribution >= 4 is 33.7 Å². The zero-order valence-corrected chi connectivity index (χ0v) is 16.2. The van der Waals surface area contributed by atoms with Gasteiger partial charge in [-0.15, -0.1) is 11.3 Å². The Morgan fingerprint density at radius 2 is 1.96 bits per heavy atom. The van der Waals surface area contributed by atoms with E-state index in [1.807, 2.05) is 35.0 Å². The summed E-state index contributed by atoms with van der Waals surface area (Å²) in [4.78, 5) is 19.6. The standard InChI is InChI=1S/C19H17FN4OS2/c1-12-17(10-22-18(25)21-9-15-3-2-8-26-15)27-19-23-16(11-24(12)19)13-4-6-14(20)7-5-13/h2-8,11H,9-10H2,1H3,(H2,21,22,25). The zero-order valence-electron chi connectivity index (χ0n) is 14.5. The first-order valence-corrected chi connectivity index (χ1v) is 10.1. The molecule has 0 bridgehead atoms. The van der Waals surface area contributed by atoms with Gasteiger partial charge in [0.25, 0.3) is 0 Å². The molecule has 0 atom stereocenters. The van der Waals surface area contributed by atoms with Crippen molar-refractivity contribution in [3.8, 4) is 11.3 Å². The number of imidazole rings is 1. The lowest BCUT2D eigenvalue weighted by atomic mass is 10.2. The minimum absolute atomic E-state index is 0.194. The number of hydrogen-bond donors (Lipinski definition) is 2. The molecule has 3 heterocycles. The Morgan fingerprint density at radius 3 is 2.67 bits per heavy atom. The predicted molar refractivity (Wildman–Crippen MR) is 107 cm³/mol. The number of thiophene rings is 1. The predicted octanol–water partition coefficient (Wildman–Crippen LogP) is 4.57. The van der Waals surface area contributed by atoms with Crippen LogP contribution in [0.3, 0.4) is 0 Å². The number of halogens is 1. The number of urea groups is 1. The monoisotopic (exact) mass is 400 g/mol. The Labute approximate surface area is 163 Å². The van der Waals surface area contributed by atoms with Crippen LogP contribution in [0.25, 0.3) is 16.2 Å². The van der Waals surface area contributed by atoms with Gasteiger partial charge in [0.1, 0.15) is 5.82 Å². The average molecular weight is 401 g/mol. The average Bonchev–Trinajstić information content (AvgIpc) is 3.38. The lowest BCUT2D eigenvalue weighted by Crippen LogP contribution is -2.34. The summed E-state index contributed by atoms with van der Waals surface area (Å²) in [6.45, 7) is 2.97. The van der Waals surface area contributed by atoms with Crippen LogP contribution in [0.4, 0.5) is 9.18 Å². The van der Waals surface area contributed by atoms with Gasteiger partial charge < -0.3 is 10.6 Å². The van der Waals surface area contributed by atoms with Crippen LogP contribution in [0.1, 0.15) is 15.4 Å². The van der Waals surface area contributed by atoms with Crippen molar-refractivity contribution < 1.29 is 9.18 Å². The van der Waals surface area contributed by atoms with E-state index in [1.54, 1.807) is 23.5 Å². The third-order valence-corrected chi connectivity index (χ3v) is 6.24. The van der Waals surface area contributed by atoms with Crippen LogP contribution in [0.2, 0.25) is 0 Å². The van der Waals surface area contributed by atoms with Gasteiger partial charge in [-0.05, 0) is 42.6 Å². The molecule has 0 saturated carbocycles. The molecule has 0 spiro atoms. The molecule has 0 radical (unpaired) electrons. The molecular formula is C19H17FN4OS2. The number of nitrogens with one attached hydrogen (secondary N) is 2. The number of aromatic nitrogens is 2. The number of aryl methyl sites for hydroxylation is 1. The molecule has 0 fully saturated rings. The molecule has 3 aromatic heterocycles. The van der Waals surface area contributed by atoms with E-state index in [9.17, 15) is 9.18 Å². The van der Waals surface area contributed by atoms with Crippen LogP contribution < -0.4 is 10.6 Å². The highest BCUT2D eigenvalue weighted by atomic mass is 32.1. The largest absolute Gasteiger partial charge is 0.333 e. The van der Waals surface area contributed by atoms with Gasteiger partial charge in [-0.3, -0.25) is 4.40 Å². The number of benzene rings is 1. The topological polar surface area (TPSA) is 58.4 Å². The summed E-state index contributed by atoms with van der Waals surface area (Å²) in [6.07, 6.45) is 1.94. The molecule has 138 valence electrons. The number of thiazole rings is 1. The molecular weight excluding hydrogens is 383 g/mol. The van der Waals surface area contributed by atoms with Crippen LogP contribution in [0.5, 0.6) is 0 Å². The maximum Gasteiger partial charge on any atom is 0.315 e. The van der Waals surface area contributed by atoms with E-state index in [4.69, 9.17) is 0 Å². The molecule has 1 aromatic carbocycles. The third-order valence-electron chi connectivity index (χ3n) is 4.21. The fraction of sp³-hybridized carbons (Fsp3) is 0.158. The highest BCUT2D eigenvalue weighted by Gasteiger charge is 2.13. The summed E-state index contributed by atoms with van der Waals surface area (Å²) in [5.41, 5.74) is 2.71. The summed E-state index contributed by atoms with van der Waals surface area (Å²) < 4.78 is 15.1. The first-order valence-electron chi connectivity index (χ1n) is 8.37. The van der Waals surface area contributed by atoms with E-state index >= 15 is 0 Å². The lowest BCUT2D eigenvalue weighted by Gasteiger charge is -2.06. The molecule has 5 nitrogen and oxygen atoms in total. The van der Waals surface area contributed by atoms with E-state index < -0.39 is 0 Å². The highest BCUT2D eigenvalue weighted by Crippen LogP contribution is 2.27. The SMILES string of the molecule is Cc1c(CNC(=O)NCc2cccs2)sc2nc(-c3ccc(F)cc3)cn12. The number of nitrogens with zero attached hydrogens (tertiary/aromatic N) is 2. The third kappa shape index (κ3) is 3.86. The number of hydrogen-bond acceptors (Lipinski definition) is 4. The summed E-state index contributed by atoms with van der Waals surface area (Å²) >= 11 is 3.15. The molecule has 0 aliphatic rings. The summed E-state index contributed by atoms with van der Waals surface area (Å²) in [6, 6.07) is 10.1. The Balaban J connectivity index is 1.42. The van der Waals surface area contributed by atoms with Crippen molar-refractivity contribution in [3.05, 3.63) is 69.2 Å². The van der Waals surface area contributed by atoms with Gasteiger partial charge in [-0.1, -0.05) is 17.4 Å². The smallest absolute Gasteiger partial charge is 0.315 e. The Hall–Kier alpha value is -2.71. The molecule has 2 amide bonds. The van der Waals surface area contributed by atoms with Gasteiger partial charge in [0.2, 0.25) is 0 Å². The second-order valence-electron chi connectivity index (χ2n) is 6.01. The minimum atomic E-state index is -0.262. The Bertz CT molecular complexity index is 1070. The van der Waals surface area contributed by atoms with Crippen molar-refractivity contribution in [1.82, 2.24) is 20.0 Å². The van der Waals surface area contributed by atoms with Crippen molar-refractivity contribution in [1.29, 1.82) is 0 Å². The van der Waals surface area contributed by atoms with Crippen LogP contribution >= 0.6 is 22.7 Å². The van der Waals surface area contributed by atoms with Crippen molar-refractivity contribution in [2.45, 2.75) is 20.0 Å². The molecule has 0 aliphatic heterocycles. The minimum Gasteiger partial charge on any atom is -0.333 e. The molecule has 4 aromatic rings. The fourth-order valence-electron chi connectivity index (χ4n) is 2.72. The molecule has 2 N–H and O–H groups in total. The molecule has 27 heavy (non-hydrogen) atoms. The first kappa shape index (κ1) is 17.7. The van der Waals surface area contributed by atoms with E-state index in [1.165, 1.54) is 23.5 Å². The second kappa shape index (κ2) is 7.50.